The molecule has 4 N–H and O–H groups in total. The van der Waals surface area contributed by atoms with Crippen LogP contribution in [0.5, 0.6) is 5.75 Å². The highest BCUT2D eigenvalue weighted by atomic mass is 19.3. The predicted octanol–water partition coefficient (Wildman–Crippen LogP) is 2.97. The summed E-state index contributed by atoms with van der Waals surface area (Å²) < 4.78 is 41.9. The summed E-state index contributed by atoms with van der Waals surface area (Å²) in [6, 6.07) is 1.94. The first-order valence-electron chi connectivity index (χ1n) is 5.98. The highest BCUT2D eigenvalue weighted by Gasteiger charge is 2.35. The van der Waals surface area contributed by atoms with Crippen LogP contribution >= 0.6 is 0 Å². The van der Waals surface area contributed by atoms with Gasteiger partial charge in [0, 0.05) is 12.1 Å². The molecule has 0 fully saturated rings. The Morgan fingerprint density at radius 1 is 1.25 bits per heavy atom. The molecule has 0 aliphatic rings. The second-order valence-corrected chi connectivity index (χ2v) is 5.56. The number of aliphatic hydroxyl groups is 1. The number of hydrogen-bond acceptors (Lipinski definition) is 4. The highest BCUT2D eigenvalue weighted by molar-refractivity contribution is 5.69. The molecule has 0 aliphatic heterocycles. The van der Waals surface area contributed by atoms with Crippen LogP contribution in [0.25, 0.3) is 0 Å². The topological polar surface area (TPSA) is 67.5 Å². The average molecular weight is 292 g/mol. The summed E-state index contributed by atoms with van der Waals surface area (Å²) in [5, 5.41) is 12.9. The lowest BCUT2D eigenvalue weighted by Gasteiger charge is -2.39. The van der Waals surface area contributed by atoms with Crippen LogP contribution < -0.4 is 15.8 Å². The zero-order valence-corrected chi connectivity index (χ0v) is 11.8. The van der Waals surface area contributed by atoms with Gasteiger partial charge < -0.3 is 20.9 Å². The SMILES string of the molecule is CC(C)(O)C(C)(C)Nc1cc(OC(F)F)c(F)cc1N. The number of benzene rings is 1. The fourth-order valence-electron chi connectivity index (χ4n) is 1.35. The van der Waals surface area contributed by atoms with Gasteiger partial charge in [0.15, 0.2) is 11.6 Å². The van der Waals surface area contributed by atoms with Crippen molar-refractivity contribution in [3.05, 3.63) is 17.9 Å². The zero-order chi connectivity index (χ0) is 15.7. The maximum atomic E-state index is 13.4. The summed E-state index contributed by atoms with van der Waals surface area (Å²) in [5.41, 5.74) is 3.92. The van der Waals surface area contributed by atoms with E-state index in [-0.39, 0.29) is 11.4 Å². The minimum atomic E-state index is -3.14. The lowest BCUT2D eigenvalue weighted by molar-refractivity contribution is -0.0521. The molecule has 0 saturated carbocycles. The molecule has 0 spiro atoms. The molecule has 0 atom stereocenters. The monoisotopic (exact) mass is 292 g/mol. The van der Waals surface area contributed by atoms with Crippen LogP contribution in [0.3, 0.4) is 0 Å². The van der Waals surface area contributed by atoms with Gasteiger partial charge >= 0.3 is 6.61 Å². The van der Waals surface area contributed by atoms with Crippen LogP contribution in [0, 0.1) is 5.82 Å². The van der Waals surface area contributed by atoms with E-state index in [9.17, 15) is 18.3 Å². The molecule has 0 heterocycles. The minimum absolute atomic E-state index is 0.0291. The molecule has 114 valence electrons. The van der Waals surface area contributed by atoms with Gasteiger partial charge in [0.05, 0.1) is 22.5 Å². The summed E-state index contributed by atoms with van der Waals surface area (Å²) in [6.07, 6.45) is 0. The van der Waals surface area contributed by atoms with Crippen molar-refractivity contribution in [1.29, 1.82) is 0 Å². The van der Waals surface area contributed by atoms with E-state index in [1.54, 1.807) is 27.7 Å². The Bertz CT molecular complexity index is 485. The molecule has 0 aromatic heterocycles. The highest BCUT2D eigenvalue weighted by Crippen LogP contribution is 2.33. The first kappa shape index (κ1) is 16.4. The van der Waals surface area contributed by atoms with Gasteiger partial charge in [-0.2, -0.15) is 8.78 Å². The Morgan fingerprint density at radius 2 is 1.80 bits per heavy atom. The van der Waals surface area contributed by atoms with Crippen molar-refractivity contribution < 1.29 is 23.0 Å². The van der Waals surface area contributed by atoms with E-state index in [1.165, 1.54) is 0 Å². The number of hydrogen-bond donors (Lipinski definition) is 3. The third kappa shape index (κ3) is 3.69. The molecule has 0 aliphatic carbocycles. The maximum absolute atomic E-state index is 13.4. The molecule has 1 aromatic carbocycles. The van der Waals surface area contributed by atoms with Gasteiger partial charge in [-0.25, -0.2) is 4.39 Å². The van der Waals surface area contributed by atoms with Crippen molar-refractivity contribution in [1.82, 2.24) is 0 Å². The number of nitrogens with two attached hydrogens (primary N) is 1. The minimum Gasteiger partial charge on any atom is -0.432 e. The smallest absolute Gasteiger partial charge is 0.387 e. The largest absolute Gasteiger partial charge is 0.432 e. The van der Waals surface area contributed by atoms with E-state index < -0.39 is 29.3 Å². The Hall–Kier alpha value is -1.63. The molecule has 0 bridgehead atoms. The summed E-state index contributed by atoms with van der Waals surface area (Å²) in [7, 11) is 0. The number of nitrogen functional groups attached to an aromatic ring is 1. The summed E-state index contributed by atoms with van der Waals surface area (Å²) in [5.74, 6) is -1.59. The van der Waals surface area contributed by atoms with Crippen LogP contribution in [0.4, 0.5) is 24.5 Å². The van der Waals surface area contributed by atoms with Gasteiger partial charge in [0.2, 0.25) is 0 Å². The molecule has 1 aromatic rings. The quantitative estimate of drug-likeness (QED) is 0.730. The zero-order valence-electron chi connectivity index (χ0n) is 11.8. The summed E-state index contributed by atoms with van der Waals surface area (Å²) >= 11 is 0. The molecule has 4 nitrogen and oxygen atoms in total. The maximum Gasteiger partial charge on any atom is 0.387 e. The van der Waals surface area contributed by atoms with Crippen LogP contribution in [-0.2, 0) is 0 Å². The van der Waals surface area contributed by atoms with Crippen LogP contribution in [0.2, 0.25) is 0 Å². The van der Waals surface area contributed by atoms with Crippen LogP contribution in [0.15, 0.2) is 12.1 Å². The standard InChI is InChI=1S/C13H19F3N2O2/c1-12(2,13(3,4)19)18-9-6-10(20-11(15)16)7(14)5-8(9)17/h5-6,11,18-19H,17H2,1-4H3. The average Bonchev–Trinajstić information content (AvgIpc) is 2.22. The fraction of sp³-hybridized carbons (Fsp3) is 0.538. The number of nitrogens with one attached hydrogen (secondary N) is 1. The van der Waals surface area contributed by atoms with Gasteiger partial charge in [-0.05, 0) is 27.7 Å². The Balaban J connectivity index is 3.13. The number of ether oxygens (including phenoxy) is 1. The van der Waals surface area contributed by atoms with Crippen molar-refractivity contribution in [3.8, 4) is 5.75 Å². The summed E-state index contributed by atoms with van der Waals surface area (Å²) in [4.78, 5) is 0. The third-order valence-corrected chi connectivity index (χ3v) is 3.30. The van der Waals surface area contributed by atoms with Crippen molar-refractivity contribution >= 4 is 11.4 Å². The number of halogens is 3. The lowest BCUT2D eigenvalue weighted by Crippen LogP contribution is -2.51. The van der Waals surface area contributed by atoms with Crippen molar-refractivity contribution in [2.75, 3.05) is 11.1 Å². The predicted molar refractivity (Wildman–Crippen MR) is 71.4 cm³/mol. The van der Waals surface area contributed by atoms with Crippen molar-refractivity contribution in [2.45, 2.75) is 45.4 Å². The second-order valence-electron chi connectivity index (χ2n) is 5.56. The Morgan fingerprint density at radius 3 is 2.25 bits per heavy atom. The molecule has 0 amide bonds. The lowest BCUT2D eigenvalue weighted by atomic mass is 9.85. The number of rotatable bonds is 5. The molecule has 0 radical (unpaired) electrons. The van der Waals surface area contributed by atoms with Gasteiger partial charge in [-0.1, -0.05) is 0 Å². The van der Waals surface area contributed by atoms with Crippen molar-refractivity contribution in [2.24, 2.45) is 0 Å². The van der Waals surface area contributed by atoms with E-state index in [2.05, 4.69) is 10.1 Å². The molecular formula is C13H19F3N2O2. The normalized spacial score (nSPS) is 12.7. The van der Waals surface area contributed by atoms with Gasteiger partial charge in [0.25, 0.3) is 0 Å². The third-order valence-electron chi connectivity index (χ3n) is 3.30. The van der Waals surface area contributed by atoms with Gasteiger partial charge in [-0.15, -0.1) is 0 Å². The van der Waals surface area contributed by atoms with E-state index >= 15 is 0 Å². The first-order valence-corrected chi connectivity index (χ1v) is 5.98. The van der Waals surface area contributed by atoms with E-state index in [0.717, 1.165) is 12.1 Å². The number of alkyl halides is 2. The Kier molecular flexibility index (Phi) is 4.43. The molecule has 0 saturated heterocycles. The van der Waals surface area contributed by atoms with Gasteiger partial charge in [-0.3, -0.25) is 0 Å². The molecule has 1 rings (SSSR count). The Labute approximate surface area is 115 Å². The van der Waals surface area contributed by atoms with Gasteiger partial charge in [0.1, 0.15) is 0 Å². The molecule has 20 heavy (non-hydrogen) atoms. The molecule has 7 heteroatoms. The van der Waals surface area contributed by atoms with Crippen molar-refractivity contribution in [3.63, 3.8) is 0 Å². The summed E-state index contributed by atoms with van der Waals surface area (Å²) in [6.45, 7) is 3.42. The van der Waals surface area contributed by atoms with E-state index in [4.69, 9.17) is 5.73 Å². The fourth-order valence-corrected chi connectivity index (χ4v) is 1.35. The van der Waals surface area contributed by atoms with E-state index in [1.807, 2.05) is 0 Å². The molecular weight excluding hydrogens is 273 g/mol. The second kappa shape index (κ2) is 5.40. The van der Waals surface area contributed by atoms with E-state index in [0.29, 0.717) is 0 Å². The molecule has 0 unspecified atom stereocenters. The first-order chi connectivity index (χ1) is 8.94. The van der Waals surface area contributed by atoms with Crippen LogP contribution in [0.1, 0.15) is 27.7 Å². The van der Waals surface area contributed by atoms with Crippen LogP contribution in [-0.4, -0.2) is 22.9 Å². The number of anilines is 2.